The van der Waals surface area contributed by atoms with Gasteiger partial charge in [-0.05, 0) is 69.7 Å². The topological polar surface area (TPSA) is 52.8 Å². The van der Waals surface area contributed by atoms with Gasteiger partial charge in [-0.1, -0.05) is 58.2 Å². The van der Waals surface area contributed by atoms with E-state index in [4.69, 9.17) is 17.3 Å². The number of nitrogen functional groups attached to an aromatic ring is 1. The van der Waals surface area contributed by atoms with Crippen LogP contribution in [0.5, 0.6) is 0 Å². The van der Waals surface area contributed by atoms with Gasteiger partial charge in [-0.25, -0.2) is 0 Å². The molecule has 5 nitrogen and oxygen atoms in total. The number of halogens is 1. The average molecular weight is 529 g/mol. The van der Waals surface area contributed by atoms with Crippen molar-refractivity contribution in [1.29, 1.82) is 0 Å². The van der Waals surface area contributed by atoms with Crippen LogP contribution >= 0.6 is 20.2 Å². The van der Waals surface area contributed by atoms with Crippen molar-refractivity contribution in [2.24, 2.45) is 0 Å². The molecule has 2 N–H and O–H groups in total. The summed E-state index contributed by atoms with van der Waals surface area (Å²) in [5, 5.41) is 0.668. The van der Waals surface area contributed by atoms with Crippen molar-refractivity contribution in [3.05, 3.63) is 28.3 Å². The third-order valence-corrected chi connectivity index (χ3v) is 7.39. The normalized spacial score (nSPS) is 17.1. The van der Waals surface area contributed by atoms with Crippen LogP contribution in [0, 0.1) is 6.92 Å². The van der Waals surface area contributed by atoms with Gasteiger partial charge in [-0.15, -0.1) is 8.58 Å². The minimum absolute atomic E-state index is 0.668. The third kappa shape index (κ3) is 15.1. The molecule has 3 rings (SSSR count). The average Bonchev–Trinajstić information content (AvgIpc) is 2.87. The summed E-state index contributed by atoms with van der Waals surface area (Å²) < 4.78 is 0. The second-order valence-electron chi connectivity index (χ2n) is 9.55. The van der Waals surface area contributed by atoms with Gasteiger partial charge in [0, 0.05) is 45.3 Å². The molecule has 2 heterocycles. The molecular formula is C28H54ClN4OP. The van der Waals surface area contributed by atoms with Gasteiger partial charge < -0.3 is 15.5 Å². The van der Waals surface area contributed by atoms with Crippen LogP contribution in [0.3, 0.4) is 0 Å². The predicted octanol–water partition coefficient (Wildman–Crippen LogP) is 6.16. The number of anilines is 1. The molecule has 0 radical (unpaired) electrons. The van der Waals surface area contributed by atoms with Crippen molar-refractivity contribution in [1.82, 2.24) is 14.7 Å². The van der Waals surface area contributed by atoms with Gasteiger partial charge in [0.1, 0.15) is 0 Å². The predicted molar refractivity (Wildman–Crippen MR) is 160 cm³/mol. The largest absolute Gasteiger partial charge is 0.397 e. The van der Waals surface area contributed by atoms with Crippen molar-refractivity contribution in [2.45, 2.75) is 79.2 Å². The van der Waals surface area contributed by atoms with Crippen LogP contribution in [0.25, 0.3) is 0 Å². The molecule has 1 unspecified atom stereocenters. The van der Waals surface area contributed by atoms with E-state index in [9.17, 15) is 4.79 Å². The third-order valence-electron chi connectivity index (χ3n) is 6.22. The number of piperidine rings is 1. The zero-order valence-corrected chi connectivity index (χ0v) is 25.5. The van der Waals surface area contributed by atoms with E-state index in [1.165, 1.54) is 57.2 Å². The maximum atomic E-state index is 10.6. The number of unbranched alkanes of at least 4 members (excludes halogenated alkanes) is 1. The van der Waals surface area contributed by atoms with Crippen molar-refractivity contribution in [3.63, 3.8) is 0 Å². The van der Waals surface area contributed by atoms with E-state index in [-0.39, 0.29) is 0 Å². The van der Waals surface area contributed by atoms with E-state index in [2.05, 4.69) is 57.3 Å². The van der Waals surface area contributed by atoms with Gasteiger partial charge in [-0.3, -0.25) is 9.69 Å². The van der Waals surface area contributed by atoms with E-state index in [0.717, 1.165) is 64.6 Å². The Labute approximate surface area is 223 Å². The molecule has 2 fully saturated rings. The number of hydrogen-bond acceptors (Lipinski definition) is 4. The molecule has 1 amide bonds. The van der Waals surface area contributed by atoms with Crippen LogP contribution in [-0.4, -0.2) is 86.3 Å². The van der Waals surface area contributed by atoms with Crippen molar-refractivity contribution >= 4 is 32.3 Å². The van der Waals surface area contributed by atoms with Gasteiger partial charge in [0.05, 0.1) is 10.7 Å². The van der Waals surface area contributed by atoms with E-state index in [0.29, 0.717) is 5.02 Å². The number of carbonyl (C=O) groups excluding carboxylic acids is 1. The lowest BCUT2D eigenvalue weighted by molar-refractivity contribution is -0.119. The zero-order chi connectivity index (χ0) is 26.6. The summed E-state index contributed by atoms with van der Waals surface area (Å²) in [5.41, 5.74) is 8.75. The molecule has 2 aliphatic rings. The molecule has 0 spiro atoms. The van der Waals surface area contributed by atoms with Crippen LogP contribution in [-0.2, 0) is 11.2 Å². The number of carbonyl (C=O) groups is 1. The maximum absolute atomic E-state index is 10.6. The Morgan fingerprint density at radius 2 is 1.63 bits per heavy atom. The number of rotatable bonds is 6. The number of hydrogen-bond donors (Lipinski definition) is 1. The number of likely N-dealkylation sites (tertiary alicyclic amines) is 1. The standard InChI is InChI=1S/C11H21N3O.C9H12ClN.C5H13P.C3H8/c1-12-6-8-14(9-7-12)11-2-4-13(10-15)5-3-11;1-3-7-4-6(2)5-8(10)9(7)11;1-3-4-5-6-2;1-3-2/h10-11H,2-9H2,1H3;4-5H,3,11H2,1-2H3;6H,3-5H2,1-2H3;3H2,1-2H3. The number of nitrogens with zero attached hydrogens (tertiary/aromatic N) is 3. The highest BCUT2D eigenvalue weighted by atomic mass is 35.5. The first-order valence-corrected chi connectivity index (χ1v) is 15.7. The Bertz CT molecular complexity index is 657. The Morgan fingerprint density at radius 3 is 2.06 bits per heavy atom. The highest BCUT2D eigenvalue weighted by molar-refractivity contribution is 7.36. The Morgan fingerprint density at radius 1 is 1.06 bits per heavy atom. The van der Waals surface area contributed by atoms with E-state index in [1.54, 1.807) is 0 Å². The second kappa shape index (κ2) is 21.2. The number of aryl methyl sites for hydroxylation is 2. The number of piperazine rings is 1. The minimum atomic E-state index is 0.668. The quantitative estimate of drug-likeness (QED) is 0.208. The lowest BCUT2D eigenvalue weighted by Gasteiger charge is -2.41. The molecule has 2 aliphatic heterocycles. The summed E-state index contributed by atoms with van der Waals surface area (Å²) >= 11 is 5.87. The molecule has 1 aromatic carbocycles. The van der Waals surface area contributed by atoms with Crippen molar-refractivity contribution < 1.29 is 4.79 Å². The first kappa shape index (κ1) is 34.1. The fraction of sp³-hybridized carbons (Fsp3) is 0.750. The lowest BCUT2D eigenvalue weighted by Crippen LogP contribution is -2.52. The summed E-state index contributed by atoms with van der Waals surface area (Å²) in [6.45, 7) is 19.5. The lowest BCUT2D eigenvalue weighted by atomic mass is 10.0. The summed E-state index contributed by atoms with van der Waals surface area (Å²) in [4.78, 5) is 17.5. The first-order chi connectivity index (χ1) is 16.8. The van der Waals surface area contributed by atoms with Crippen LogP contribution in [0.15, 0.2) is 12.1 Å². The van der Waals surface area contributed by atoms with Gasteiger partial charge >= 0.3 is 0 Å². The van der Waals surface area contributed by atoms with E-state index in [1.807, 2.05) is 17.9 Å². The summed E-state index contributed by atoms with van der Waals surface area (Å²) in [6.07, 6.45) is 9.71. The smallest absolute Gasteiger partial charge is 0.209 e. The summed E-state index contributed by atoms with van der Waals surface area (Å²) in [7, 11) is 3.35. The number of nitrogens with two attached hydrogens (primary N) is 1. The minimum Gasteiger partial charge on any atom is -0.397 e. The number of amides is 1. The van der Waals surface area contributed by atoms with Crippen LogP contribution in [0.4, 0.5) is 5.69 Å². The fourth-order valence-electron chi connectivity index (χ4n) is 4.01. The van der Waals surface area contributed by atoms with E-state index >= 15 is 0 Å². The Hall–Kier alpha value is -0.870. The van der Waals surface area contributed by atoms with E-state index < -0.39 is 0 Å². The molecule has 2 saturated heterocycles. The highest BCUT2D eigenvalue weighted by Gasteiger charge is 2.25. The van der Waals surface area contributed by atoms with Gasteiger partial charge in [0.25, 0.3) is 0 Å². The van der Waals surface area contributed by atoms with Crippen LogP contribution in [0.1, 0.15) is 70.9 Å². The Balaban J connectivity index is 0.000000508. The number of likely N-dealkylation sites (N-methyl/N-ethyl adjacent to an activating group) is 1. The number of benzene rings is 1. The van der Waals surface area contributed by atoms with Gasteiger partial charge in [0.2, 0.25) is 6.41 Å². The van der Waals surface area contributed by atoms with Crippen LogP contribution in [0.2, 0.25) is 5.02 Å². The monoisotopic (exact) mass is 528 g/mol. The maximum Gasteiger partial charge on any atom is 0.209 e. The molecule has 0 saturated carbocycles. The van der Waals surface area contributed by atoms with Gasteiger partial charge in [-0.2, -0.15) is 0 Å². The first-order valence-electron chi connectivity index (χ1n) is 13.6. The highest BCUT2D eigenvalue weighted by Crippen LogP contribution is 2.24. The van der Waals surface area contributed by atoms with Crippen molar-refractivity contribution in [2.75, 3.05) is 64.9 Å². The molecule has 1 atom stereocenters. The molecule has 0 aliphatic carbocycles. The SMILES string of the molecule is CCC.CCCCPC.CCc1cc(C)cc(Cl)c1N.CN1CCN(C2CCN(C=O)CC2)CC1. The van der Waals surface area contributed by atoms with Gasteiger partial charge in [0.15, 0.2) is 0 Å². The summed E-state index contributed by atoms with van der Waals surface area (Å²) in [5.74, 6) is 0. The molecule has 7 heteroatoms. The molecule has 0 bridgehead atoms. The Kier molecular flexibility index (Phi) is 20.7. The molecule has 0 aromatic heterocycles. The van der Waals surface area contributed by atoms with Crippen LogP contribution < -0.4 is 5.73 Å². The summed E-state index contributed by atoms with van der Waals surface area (Å²) in [6, 6.07) is 4.67. The molecule has 35 heavy (non-hydrogen) atoms. The molecular weight excluding hydrogens is 475 g/mol. The fourth-order valence-corrected chi connectivity index (χ4v) is 5.02. The molecule has 1 aromatic rings. The molecule has 204 valence electrons. The second-order valence-corrected chi connectivity index (χ2v) is 11.2. The van der Waals surface area contributed by atoms with Crippen molar-refractivity contribution in [3.8, 4) is 0 Å². The zero-order valence-electron chi connectivity index (χ0n) is 23.7.